The summed E-state index contributed by atoms with van der Waals surface area (Å²) in [5.41, 5.74) is 3.36. The van der Waals surface area contributed by atoms with Crippen LogP contribution in [0, 0.1) is 6.92 Å². The lowest BCUT2D eigenvalue weighted by atomic mass is 9.98. The van der Waals surface area contributed by atoms with Crippen molar-refractivity contribution in [3.63, 3.8) is 0 Å². The van der Waals surface area contributed by atoms with Gasteiger partial charge in [0.25, 0.3) is 0 Å². The van der Waals surface area contributed by atoms with E-state index >= 15 is 13.2 Å². The molecule has 55 heavy (non-hydrogen) atoms. The van der Waals surface area contributed by atoms with Crippen molar-refractivity contribution < 1.29 is 27.4 Å². The summed E-state index contributed by atoms with van der Waals surface area (Å²) in [6.45, 7) is 2.82. The van der Waals surface area contributed by atoms with Crippen molar-refractivity contribution in [2.45, 2.75) is 45.1 Å². The summed E-state index contributed by atoms with van der Waals surface area (Å²) in [6.07, 6.45) is 2.05. The molecular formula is C41H35BrClF3N6O3. The molecule has 3 aromatic carbocycles. The van der Waals surface area contributed by atoms with E-state index < -0.39 is 11.7 Å². The molecule has 6 aromatic rings. The van der Waals surface area contributed by atoms with E-state index in [9.17, 15) is 0 Å². The summed E-state index contributed by atoms with van der Waals surface area (Å²) in [7, 11) is 3.18. The third kappa shape index (κ3) is 6.99. The lowest BCUT2D eigenvalue weighted by molar-refractivity contribution is -0.137. The molecule has 0 spiro atoms. The van der Waals surface area contributed by atoms with E-state index in [0.29, 0.717) is 53.7 Å². The normalized spacial score (nSPS) is 15.1. The van der Waals surface area contributed by atoms with Crippen LogP contribution in [0.1, 0.15) is 45.8 Å². The molecule has 4 heterocycles. The number of hydrogen-bond donors (Lipinski definition) is 0. The number of hydrogen-bond acceptors (Lipinski definition) is 9. The molecule has 0 radical (unpaired) electrons. The molecule has 2 aliphatic rings. The number of pyridine rings is 2. The van der Waals surface area contributed by atoms with Crippen LogP contribution in [0.3, 0.4) is 0 Å². The average Bonchev–Trinajstić information content (AvgIpc) is 3.51. The second-order valence-corrected chi connectivity index (χ2v) is 14.7. The number of ether oxygens (including phenoxy) is 3. The summed E-state index contributed by atoms with van der Waals surface area (Å²) in [6, 6.07) is 18.1. The van der Waals surface area contributed by atoms with Gasteiger partial charge < -0.3 is 24.0 Å². The number of nitrogens with zero attached hydrogens (tertiary/aromatic N) is 6. The number of alkyl halides is 3. The highest BCUT2D eigenvalue weighted by Gasteiger charge is 2.39. The fraction of sp³-hybridized carbons (Fsp3) is 0.268. The number of anilines is 2. The first-order valence-corrected chi connectivity index (χ1v) is 18.8. The maximum absolute atomic E-state index is 15.1. The molecular weight excluding hydrogens is 797 g/mol. The smallest absolute Gasteiger partial charge is 0.418 e. The Morgan fingerprint density at radius 3 is 2.27 bits per heavy atom. The molecule has 282 valence electrons. The molecule has 0 saturated heterocycles. The van der Waals surface area contributed by atoms with Crippen LogP contribution < -0.4 is 24.0 Å². The molecule has 0 bridgehead atoms. The lowest BCUT2D eigenvalue weighted by Gasteiger charge is -2.29. The van der Waals surface area contributed by atoms with Crippen molar-refractivity contribution in [1.29, 1.82) is 0 Å². The minimum absolute atomic E-state index is 0.000805. The second kappa shape index (κ2) is 14.8. The van der Waals surface area contributed by atoms with E-state index in [1.807, 2.05) is 59.6 Å². The minimum Gasteiger partial charge on any atom is -0.497 e. The van der Waals surface area contributed by atoms with E-state index in [2.05, 4.69) is 30.8 Å². The number of aromatic nitrogens is 4. The van der Waals surface area contributed by atoms with Crippen molar-refractivity contribution >= 4 is 50.1 Å². The summed E-state index contributed by atoms with van der Waals surface area (Å²) in [5, 5.41) is 0.542. The fourth-order valence-corrected chi connectivity index (χ4v) is 8.45. The SMILES string of the molecule is COc1ccc(CN(Cc2ccc(OC)cc2)c2cc(C)c(C(F)(F)F)c(-c3cc4ncnc5c4c(c3Cl)OCCN5C3CCc4c(Br)cncc43)n2)cc1. The second-order valence-electron chi connectivity index (χ2n) is 13.5. The van der Waals surface area contributed by atoms with E-state index in [-0.39, 0.29) is 40.2 Å². The zero-order valence-corrected chi connectivity index (χ0v) is 32.5. The number of benzene rings is 3. The predicted molar refractivity (Wildman–Crippen MR) is 209 cm³/mol. The first kappa shape index (κ1) is 36.8. The zero-order valence-electron chi connectivity index (χ0n) is 30.1. The number of methoxy groups -OCH3 is 2. The maximum atomic E-state index is 15.1. The number of aryl methyl sites for hydroxylation is 1. The van der Waals surface area contributed by atoms with Gasteiger partial charge in [-0.25, -0.2) is 15.0 Å². The molecule has 1 aliphatic carbocycles. The highest BCUT2D eigenvalue weighted by atomic mass is 79.9. The molecule has 0 fully saturated rings. The highest BCUT2D eigenvalue weighted by Crippen LogP contribution is 2.50. The summed E-state index contributed by atoms with van der Waals surface area (Å²) in [5.74, 6) is 2.55. The molecule has 0 N–H and O–H groups in total. The first-order valence-electron chi connectivity index (χ1n) is 17.6. The van der Waals surface area contributed by atoms with Gasteiger partial charge in [0.2, 0.25) is 0 Å². The molecule has 3 aromatic heterocycles. The van der Waals surface area contributed by atoms with E-state index in [1.165, 1.54) is 24.9 Å². The van der Waals surface area contributed by atoms with Gasteiger partial charge in [-0.2, -0.15) is 13.2 Å². The zero-order chi connectivity index (χ0) is 38.4. The molecule has 0 saturated carbocycles. The maximum Gasteiger partial charge on any atom is 0.418 e. The van der Waals surface area contributed by atoms with E-state index in [0.717, 1.165) is 34.0 Å². The van der Waals surface area contributed by atoms with E-state index in [4.69, 9.17) is 35.8 Å². The molecule has 0 amide bonds. The Kier molecular flexibility index (Phi) is 9.93. The molecule has 1 aliphatic heterocycles. The predicted octanol–water partition coefficient (Wildman–Crippen LogP) is 9.94. The Morgan fingerprint density at radius 2 is 1.64 bits per heavy atom. The topological polar surface area (TPSA) is 85.7 Å². The average molecular weight is 832 g/mol. The van der Waals surface area contributed by atoms with Crippen LogP contribution in [0.25, 0.3) is 22.2 Å². The largest absolute Gasteiger partial charge is 0.497 e. The van der Waals surface area contributed by atoms with Gasteiger partial charge in [-0.1, -0.05) is 35.9 Å². The van der Waals surface area contributed by atoms with E-state index in [1.54, 1.807) is 26.5 Å². The summed E-state index contributed by atoms with van der Waals surface area (Å²) in [4.78, 5) is 22.6. The third-order valence-electron chi connectivity index (χ3n) is 10.2. The van der Waals surface area contributed by atoms with Crippen LogP contribution in [-0.4, -0.2) is 47.3 Å². The van der Waals surface area contributed by atoms with Crippen LogP contribution in [0.15, 0.2) is 83.9 Å². The van der Waals surface area contributed by atoms with Crippen molar-refractivity contribution in [2.75, 3.05) is 37.2 Å². The van der Waals surface area contributed by atoms with Crippen molar-refractivity contribution in [3.8, 4) is 28.5 Å². The molecule has 1 unspecified atom stereocenters. The van der Waals surface area contributed by atoms with Gasteiger partial charge in [-0.05, 0) is 99.9 Å². The number of fused-ring (bicyclic) bond motifs is 1. The number of rotatable bonds is 9. The van der Waals surface area contributed by atoms with Crippen molar-refractivity contribution in [2.24, 2.45) is 0 Å². The van der Waals surface area contributed by atoms with Crippen LogP contribution in [0.4, 0.5) is 24.8 Å². The van der Waals surface area contributed by atoms with Gasteiger partial charge in [0.05, 0.1) is 54.0 Å². The van der Waals surface area contributed by atoms with Crippen LogP contribution in [-0.2, 0) is 25.7 Å². The monoisotopic (exact) mass is 830 g/mol. The summed E-state index contributed by atoms with van der Waals surface area (Å²) < 4.78 is 63.3. The Balaban J connectivity index is 1.27. The van der Waals surface area contributed by atoms with Crippen LogP contribution >= 0.6 is 27.5 Å². The fourth-order valence-electron chi connectivity index (χ4n) is 7.61. The molecule has 8 rings (SSSR count). The first-order chi connectivity index (χ1) is 26.5. The third-order valence-corrected chi connectivity index (χ3v) is 11.3. The highest BCUT2D eigenvalue weighted by molar-refractivity contribution is 9.10. The van der Waals surface area contributed by atoms with Crippen molar-refractivity contribution in [1.82, 2.24) is 19.9 Å². The van der Waals surface area contributed by atoms with Gasteiger partial charge in [0.15, 0.2) is 5.75 Å². The van der Waals surface area contributed by atoms with Gasteiger partial charge in [0, 0.05) is 35.5 Å². The van der Waals surface area contributed by atoms with Gasteiger partial charge in [0.1, 0.15) is 36.1 Å². The molecule has 14 heteroatoms. The Morgan fingerprint density at radius 1 is 0.964 bits per heavy atom. The van der Waals surface area contributed by atoms with Crippen LogP contribution in [0.5, 0.6) is 17.2 Å². The Labute approximate surface area is 329 Å². The summed E-state index contributed by atoms with van der Waals surface area (Å²) >= 11 is 10.8. The quantitative estimate of drug-likeness (QED) is 0.141. The molecule has 9 nitrogen and oxygen atoms in total. The molecule has 1 atom stereocenters. The Hall–Kier alpha value is -5.14. The van der Waals surface area contributed by atoms with Gasteiger partial charge >= 0.3 is 6.18 Å². The van der Waals surface area contributed by atoms with Gasteiger partial charge in [-0.15, -0.1) is 0 Å². The Bertz CT molecular complexity index is 2350. The van der Waals surface area contributed by atoms with Crippen molar-refractivity contribution in [3.05, 3.63) is 122 Å². The lowest BCUT2D eigenvalue weighted by Crippen LogP contribution is -2.31. The standard InChI is InChI=1S/C41H35BrClF3N6O3/c1-23-16-34(51(20-24-4-8-26(53-2)9-5-24)21-25-6-10-27(54-3)11-7-25)50-38(36(23)41(44,45)46)29-17-32-35-39(37(29)43)55-15-14-52(40(35)49-22-48-32)33-13-12-28-30(33)18-47-19-31(28)42/h4-11,16-19,22,33H,12-15,20-21H2,1-3H3. The number of halogens is 5. The van der Waals surface area contributed by atoms with Crippen LogP contribution in [0.2, 0.25) is 5.02 Å². The minimum atomic E-state index is -4.75. The van der Waals surface area contributed by atoms with Gasteiger partial charge in [-0.3, -0.25) is 4.98 Å².